The average molecular weight is 492 g/mol. The SMILES string of the molecule is Nc1cc(Cc2cc(N)cc(C(F)(F)F)c2)cc(C(F)(F)F)c1.Nc1cccc2c(N)cccc12. The van der Waals surface area contributed by atoms with Crippen LogP contribution in [0.25, 0.3) is 10.8 Å². The number of alkyl halides is 6. The van der Waals surface area contributed by atoms with Crippen molar-refractivity contribution in [1.29, 1.82) is 0 Å². The first kappa shape index (κ1) is 25.5. The summed E-state index contributed by atoms with van der Waals surface area (Å²) in [7, 11) is 0. The lowest BCUT2D eigenvalue weighted by Crippen LogP contribution is -2.08. The second-order valence-electron chi connectivity index (χ2n) is 7.89. The van der Waals surface area contributed by atoms with E-state index in [4.69, 9.17) is 22.9 Å². The molecule has 0 bridgehead atoms. The van der Waals surface area contributed by atoms with Crippen LogP contribution in [0.2, 0.25) is 0 Å². The molecule has 8 N–H and O–H groups in total. The Bertz CT molecular complexity index is 1240. The molecule has 0 radical (unpaired) electrons. The third-order valence-corrected chi connectivity index (χ3v) is 5.08. The van der Waals surface area contributed by atoms with Gasteiger partial charge in [-0.2, -0.15) is 26.3 Å². The number of halogens is 6. The number of nitrogens with two attached hydrogens (primary N) is 4. The van der Waals surface area contributed by atoms with E-state index in [2.05, 4.69) is 0 Å². The Morgan fingerprint density at radius 3 is 1.23 bits per heavy atom. The molecule has 4 aromatic rings. The van der Waals surface area contributed by atoms with Crippen molar-refractivity contribution in [2.45, 2.75) is 18.8 Å². The Labute approximate surface area is 197 Å². The van der Waals surface area contributed by atoms with Gasteiger partial charge in [0.05, 0.1) is 11.1 Å². The summed E-state index contributed by atoms with van der Waals surface area (Å²) in [4.78, 5) is 0. The Morgan fingerprint density at radius 2 is 0.886 bits per heavy atom. The lowest BCUT2D eigenvalue weighted by Gasteiger charge is -2.13. The van der Waals surface area contributed by atoms with E-state index >= 15 is 0 Å². The zero-order valence-electron chi connectivity index (χ0n) is 18.2. The molecule has 10 heteroatoms. The zero-order chi connectivity index (χ0) is 26.0. The summed E-state index contributed by atoms with van der Waals surface area (Å²) >= 11 is 0. The summed E-state index contributed by atoms with van der Waals surface area (Å²) in [6, 6.07) is 17.3. The smallest absolute Gasteiger partial charge is 0.399 e. The molecule has 35 heavy (non-hydrogen) atoms. The molecule has 4 aromatic carbocycles. The van der Waals surface area contributed by atoms with E-state index in [1.54, 1.807) is 0 Å². The van der Waals surface area contributed by atoms with Crippen LogP contribution in [0.5, 0.6) is 0 Å². The minimum Gasteiger partial charge on any atom is -0.399 e. The maximum atomic E-state index is 12.7. The number of hydrogen-bond acceptors (Lipinski definition) is 4. The second-order valence-corrected chi connectivity index (χ2v) is 7.89. The Hall–Kier alpha value is -4.08. The topological polar surface area (TPSA) is 104 Å². The van der Waals surface area contributed by atoms with Gasteiger partial charge in [0, 0.05) is 33.5 Å². The summed E-state index contributed by atoms with van der Waals surface area (Å²) in [5.41, 5.74) is 22.1. The van der Waals surface area contributed by atoms with Crippen molar-refractivity contribution in [2.24, 2.45) is 0 Å². The number of hydrogen-bond donors (Lipinski definition) is 4. The molecule has 184 valence electrons. The van der Waals surface area contributed by atoms with Gasteiger partial charge in [-0.3, -0.25) is 0 Å². The van der Waals surface area contributed by atoms with Crippen LogP contribution in [0, 0.1) is 0 Å². The van der Waals surface area contributed by atoms with Crippen LogP contribution in [0.4, 0.5) is 49.1 Å². The van der Waals surface area contributed by atoms with Crippen LogP contribution in [0.15, 0.2) is 72.8 Å². The number of benzene rings is 4. The quantitative estimate of drug-likeness (QED) is 0.190. The average Bonchev–Trinajstić information content (AvgIpc) is 2.73. The highest BCUT2D eigenvalue weighted by molar-refractivity contribution is 5.99. The number of nitrogen functional groups attached to an aromatic ring is 4. The summed E-state index contributed by atoms with van der Waals surface area (Å²) < 4.78 is 76.5. The monoisotopic (exact) mass is 492 g/mol. The van der Waals surface area contributed by atoms with Gasteiger partial charge in [0.15, 0.2) is 0 Å². The van der Waals surface area contributed by atoms with Crippen LogP contribution < -0.4 is 22.9 Å². The predicted octanol–water partition coefficient (Wildman–Crippen LogP) is 6.48. The fraction of sp³-hybridized carbons (Fsp3) is 0.120. The van der Waals surface area contributed by atoms with E-state index in [0.29, 0.717) is 0 Å². The van der Waals surface area contributed by atoms with Crippen molar-refractivity contribution in [3.8, 4) is 0 Å². The molecular formula is C25H22F6N4. The van der Waals surface area contributed by atoms with E-state index in [9.17, 15) is 26.3 Å². The highest BCUT2D eigenvalue weighted by Gasteiger charge is 2.32. The molecule has 0 unspecified atom stereocenters. The summed E-state index contributed by atoms with van der Waals surface area (Å²) in [5.74, 6) is 0. The van der Waals surface area contributed by atoms with Gasteiger partial charge in [-0.05, 0) is 66.1 Å². The van der Waals surface area contributed by atoms with E-state index < -0.39 is 23.5 Å². The van der Waals surface area contributed by atoms with Gasteiger partial charge in [-0.1, -0.05) is 24.3 Å². The van der Waals surface area contributed by atoms with Gasteiger partial charge in [-0.25, -0.2) is 0 Å². The fourth-order valence-electron chi connectivity index (χ4n) is 3.56. The van der Waals surface area contributed by atoms with Crippen LogP contribution in [-0.2, 0) is 18.8 Å². The van der Waals surface area contributed by atoms with Gasteiger partial charge >= 0.3 is 12.4 Å². The van der Waals surface area contributed by atoms with Crippen LogP contribution in [-0.4, -0.2) is 0 Å². The maximum absolute atomic E-state index is 12.7. The molecule has 0 aliphatic rings. The van der Waals surface area contributed by atoms with Gasteiger partial charge < -0.3 is 22.9 Å². The third-order valence-electron chi connectivity index (χ3n) is 5.08. The highest BCUT2D eigenvalue weighted by Crippen LogP contribution is 2.34. The molecule has 0 aromatic heterocycles. The fourth-order valence-corrected chi connectivity index (χ4v) is 3.56. The Balaban J connectivity index is 0.000000237. The van der Waals surface area contributed by atoms with Gasteiger partial charge in [0.25, 0.3) is 0 Å². The normalized spacial score (nSPS) is 11.7. The number of fused-ring (bicyclic) bond motifs is 1. The van der Waals surface area contributed by atoms with Crippen LogP contribution in [0.1, 0.15) is 22.3 Å². The molecule has 0 spiro atoms. The zero-order valence-corrected chi connectivity index (χ0v) is 18.2. The van der Waals surface area contributed by atoms with Crippen molar-refractivity contribution in [3.05, 3.63) is 95.1 Å². The largest absolute Gasteiger partial charge is 0.416 e. The van der Waals surface area contributed by atoms with Crippen molar-refractivity contribution >= 4 is 33.5 Å². The van der Waals surface area contributed by atoms with E-state index in [0.717, 1.165) is 46.4 Å². The number of rotatable bonds is 2. The lowest BCUT2D eigenvalue weighted by molar-refractivity contribution is -0.138. The first-order valence-corrected chi connectivity index (χ1v) is 10.2. The van der Waals surface area contributed by atoms with E-state index in [1.807, 2.05) is 36.4 Å². The molecule has 0 aliphatic heterocycles. The predicted molar refractivity (Wildman–Crippen MR) is 127 cm³/mol. The first-order chi connectivity index (χ1) is 16.2. The standard InChI is InChI=1S/C15H12F6N2.C10H10N2/c16-14(17,18)10-2-8(4-12(22)6-10)1-9-3-11(15(19,20)21)7-13(23)5-9;11-9-5-1-3-7-8(9)4-2-6-10(7)12/h2-7H,1,22-23H2;1-6H,11-12H2. The van der Waals surface area contributed by atoms with Gasteiger partial charge in [0.2, 0.25) is 0 Å². The molecule has 0 saturated carbocycles. The first-order valence-electron chi connectivity index (χ1n) is 10.2. The molecule has 0 aliphatic carbocycles. The molecule has 0 heterocycles. The van der Waals surface area contributed by atoms with Crippen molar-refractivity contribution < 1.29 is 26.3 Å². The molecule has 0 fully saturated rings. The summed E-state index contributed by atoms with van der Waals surface area (Å²) in [6.07, 6.45) is -9.32. The van der Waals surface area contributed by atoms with Crippen molar-refractivity contribution in [1.82, 2.24) is 0 Å². The summed E-state index contributed by atoms with van der Waals surface area (Å²) in [5, 5.41) is 2.05. The minimum absolute atomic E-state index is 0.116. The lowest BCUT2D eigenvalue weighted by atomic mass is 9.99. The Morgan fingerprint density at radius 1 is 0.514 bits per heavy atom. The Kier molecular flexibility index (Phi) is 7.04. The van der Waals surface area contributed by atoms with Gasteiger partial charge in [-0.15, -0.1) is 0 Å². The third kappa shape index (κ3) is 6.50. The van der Waals surface area contributed by atoms with E-state index in [-0.39, 0.29) is 28.9 Å². The molecule has 4 nitrogen and oxygen atoms in total. The van der Waals surface area contributed by atoms with E-state index in [1.165, 1.54) is 12.1 Å². The molecule has 0 saturated heterocycles. The molecular weight excluding hydrogens is 470 g/mol. The molecule has 0 amide bonds. The summed E-state index contributed by atoms with van der Waals surface area (Å²) in [6.45, 7) is 0. The molecule has 4 rings (SSSR count). The van der Waals surface area contributed by atoms with Crippen LogP contribution >= 0.6 is 0 Å². The second kappa shape index (κ2) is 9.65. The maximum Gasteiger partial charge on any atom is 0.416 e. The van der Waals surface area contributed by atoms with Crippen LogP contribution in [0.3, 0.4) is 0 Å². The van der Waals surface area contributed by atoms with Crippen molar-refractivity contribution in [3.63, 3.8) is 0 Å². The highest BCUT2D eigenvalue weighted by atomic mass is 19.4. The van der Waals surface area contributed by atoms with Gasteiger partial charge in [0.1, 0.15) is 0 Å². The number of anilines is 4. The minimum atomic E-state index is -4.59. The molecule has 0 atom stereocenters. The van der Waals surface area contributed by atoms with Crippen molar-refractivity contribution in [2.75, 3.05) is 22.9 Å².